The molecule has 0 N–H and O–H groups in total. The van der Waals surface area contributed by atoms with Crippen molar-refractivity contribution in [2.45, 2.75) is 45.1 Å². The number of piperidine rings is 1. The molecule has 1 aromatic rings. The van der Waals surface area contributed by atoms with Crippen LogP contribution < -0.4 is 4.90 Å². The lowest BCUT2D eigenvalue weighted by molar-refractivity contribution is -0.137. The van der Waals surface area contributed by atoms with E-state index in [0.717, 1.165) is 70.5 Å². The summed E-state index contributed by atoms with van der Waals surface area (Å²) < 4.78 is 20.1. The summed E-state index contributed by atoms with van der Waals surface area (Å²) in [5.74, 6) is 0.281. The molecule has 3 saturated heterocycles. The van der Waals surface area contributed by atoms with Crippen LogP contribution in [-0.4, -0.2) is 68.2 Å². The molecular weight excluding hydrogens is 369 g/mol. The zero-order valence-corrected chi connectivity index (χ0v) is 17.5. The van der Waals surface area contributed by atoms with E-state index in [1.165, 1.54) is 12.8 Å². The molecule has 0 unspecified atom stereocenters. The van der Waals surface area contributed by atoms with E-state index in [4.69, 9.17) is 4.74 Å². The van der Waals surface area contributed by atoms with Gasteiger partial charge in [-0.05, 0) is 49.9 Å². The molecule has 3 heterocycles. The quantitative estimate of drug-likeness (QED) is 0.773. The Labute approximate surface area is 173 Å². The van der Waals surface area contributed by atoms with Crippen molar-refractivity contribution in [3.8, 4) is 0 Å². The first-order chi connectivity index (χ1) is 14.2. The number of halogens is 1. The van der Waals surface area contributed by atoms with Gasteiger partial charge in [-0.25, -0.2) is 4.39 Å². The van der Waals surface area contributed by atoms with Crippen LogP contribution in [0.15, 0.2) is 18.2 Å². The lowest BCUT2D eigenvalue weighted by Gasteiger charge is -2.35. The van der Waals surface area contributed by atoms with Crippen LogP contribution >= 0.6 is 0 Å². The molecule has 3 fully saturated rings. The number of rotatable bonds is 4. The molecule has 0 radical (unpaired) electrons. The Bertz CT molecular complexity index is 685. The molecule has 160 valence electrons. The smallest absolute Gasteiger partial charge is 0.226 e. The Morgan fingerprint density at radius 1 is 1.00 bits per heavy atom. The van der Waals surface area contributed by atoms with Crippen LogP contribution in [0.3, 0.4) is 0 Å². The zero-order valence-electron chi connectivity index (χ0n) is 17.5. The summed E-state index contributed by atoms with van der Waals surface area (Å²) in [7, 11) is 0. The number of hydrogen-bond acceptors (Lipinski definition) is 4. The van der Waals surface area contributed by atoms with E-state index in [1.54, 1.807) is 6.07 Å². The van der Waals surface area contributed by atoms with Crippen molar-refractivity contribution >= 4 is 11.6 Å². The number of anilines is 1. The summed E-state index contributed by atoms with van der Waals surface area (Å²) in [5.41, 5.74) is 1.66. The second-order valence-electron chi connectivity index (χ2n) is 8.70. The highest BCUT2D eigenvalue weighted by Gasteiger charge is 2.29. The van der Waals surface area contributed by atoms with Crippen molar-refractivity contribution in [2.24, 2.45) is 5.92 Å². The molecule has 5 nitrogen and oxygen atoms in total. The zero-order chi connectivity index (χ0) is 20.1. The Kier molecular flexibility index (Phi) is 7.03. The normalized spacial score (nSPS) is 24.4. The number of carbonyl (C=O) groups is 1. The van der Waals surface area contributed by atoms with Crippen LogP contribution in [0, 0.1) is 11.7 Å². The number of likely N-dealkylation sites (tertiary alicyclic amines) is 2. The number of hydrogen-bond donors (Lipinski definition) is 0. The van der Waals surface area contributed by atoms with E-state index >= 15 is 0 Å². The molecule has 3 aliphatic rings. The van der Waals surface area contributed by atoms with Crippen LogP contribution in [0.5, 0.6) is 0 Å². The van der Waals surface area contributed by atoms with Gasteiger partial charge in [0, 0.05) is 39.3 Å². The van der Waals surface area contributed by atoms with Gasteiger partial charge in [0.25, 0.3) is 0 Å². The molecule has 0 saturated carbocycles. The lowest BCUT2D eigenvalue weighted by atomic mass is 9.96. The van der Waals surface area contributed by atoms with Gasteiger partial charge in [0.2, 0.25) is 5.91 Å². The average molecular weight is 404 g/mol. The summed E-state index contributed by atoms with van der Waals surface area (Å²) >= 11 is 0. The van der Waals surface area contributed by atoms with Crippen molar-refractivity contribution in [1.82, 2.24) is 9.80 Å². The molecule has 0 bridgehead atoms. The minimum Gasteiger partial charge on any atom is -0.378 e. The summed E-state index contributed by atoms with van der Waals surface area (Å²) in [6.07, 6.45) is 6.78. The first-order valence-electron chi connectivity index (χ1n) is 11.3. The highest BCUT2D eigenvalue weighted by Crippen LogP contribution is 2.25. The van der Waals surface area contributed by atoms with Crippen LogP contribution in [0.1, 0.15) is 44.1 Å². The molecule has 6 heteroatoms. The fraction of sp³-hybridized carbons (Fsp3) is 0.696. The van der Waals surface area contributed by atoms with Gasteiger partial charge in [0.05, 0.1) is 24.8 Å². The lowest BCUT2D eigenvalue weighted by Crippen LogP contribution is -2.44. The van der Waals surface area contributed by atoms with Gasteiger partial charge >= 0.3 is 0 Å². The number of carbonyl (C=O) groups excluding carboxylic acids is 1. The fourth-order valence-electron chi connectivity index (χ4n) is 4.92. The van der Waals surface area contributed by atoms with Crippen LogP contribution in [-0.2, 0) is 16.1 Å². The maximum absolute atomic E-state index is 14.7. The molecule has 0 spiro atoms. The third-order valence-corrected chi connectivity index (χ3v) is 6.54. The maximum Gasteiger partial charge on any atom is 0.226 e. The molecule has 0 aliphatic carbocycles. The summed E-state index contributed by atoms with van der Waals surface area (Å²) in [5, 5.41) is 0. The Hall–Kier alpha value is -1.66. The predicted molar refractivity (Wildman–Crippen MR) is 112 cm³/mol. The van der Waals surface area contributed by atoms with Gasteiger partial charge in [0.15, 0.2) is 0 Å². The van der Waals surface area contributed by atoms with Crippen molar-refractivity contribution < 1.29 is 13.9 Å². The van der Waals surface area contributed by atoms with Gasteiger partial charge in [-0.2, -0.15) is 0 Å². The number of benzene rings is 1. The molecule has 0 aromatic heterocycles. The highest BCUT2D eigenvalue weighted by molar-refractivity contribution is 5.79. The molecule has 4 rings (SSSR count). The summed E-state index contributed by atoms with van der Waals surface area (Å²) in [6, 6.07) is 5.61. The van der Waals surface area contributed by atoms with Crippen LogP contribution in [0.4, 0.5) is 10.1 Å². The second-order valence-corrected chi connectivity index (χ2v) is 8.70. The standard InChI is InChI=1S/C23H34FN3O2/c24-21-16-19(7-8-22(21)26-12-14-29-15-13-26)17-25-9-5-6-20(18-25)23(28)27-10-3-1-2-4-11-27/h7-8,16,20H,1-6,9-15,17-18H2/t20-/m1/s1. The van der Waals surface area contributed by atoms with Gasteiger partial charge in [-0.15, -0.1) is 0 Å². The van der Waals surface area contributed by atoms with E-state index in [2.05, 4.69) is 14.7 Å². The minimum atomic E-state index is -0.154. The van der Waals surface area contributed by atoms with Gasteiger partial charge in [0.1, 0.15) is 5.82 Å². The van der Waals surface area contributed by atoms with E-state index in [-0.39, 0.29) is 11.7 Å². The maximum atomic E-state index is 14.7. The Balaban J connectivity index is 1.35. The van der Waals surface area contributed by atoms with Crippen LogP contribution in [0.25, 0.3) is 0 Å². The second kappa shape index (κ2) is 9.90. The Morgan fingerprint density at radius 3 is 2.48 bits per heavy atom. The van der Waals surface area contributed by atoms with Crippen molar-refractivity contribution in [3.63, 3.8) is 0 Å². The monoisotopic (exact) mass is 403 g/mol. The average Bonchev–Trinajstić information content (AvgIpc) is 3.04. The van der Waals surface area contributed by atoms with Gasteiger partial charge < -0.3 is 14.5 Å². The number of ether oxygens (including phenoxy) is 1. The largest absolute Gasteiger partial charge is 0.378 e. The molecule has 1 amide bonds. The van der Waals surface area contributed by atoms with Gasteiger partial charge in [-0.1, -0.05) is 18.9 Å². The summed E-state index contributed by atoms with van der Waals surface area (Å²) in [6.45, 7) is 7.12. The van der Waals surface area contributed by atoms with Crippen LogP contribution in [0.2, 0.25) is 0 Å². The third-order valence-electron chi connectivity index (χ3n) is 6.54. The first-order valence-corrected chi connectivity index (χ1v) is 11.3. The third kappa shape index (κ3) is 5.28. The predicted octanol–water partition coefficient (Wildman–Crippen LogP) is 3.28. The van der Waals surface area contributed by atoms with E-state index in [0.29, 0.717) is 31.4 Å². The molecule has 29 heavy (non-hydrogen) atoms. The number of nitrogens with zero attached hydrogens (tertiary/aromatic N) is 3. The van der Waals surface area contributed by atoms with Crippen molar-refractivity contribution in [2.75, 3.05) is 57.4 Å². The van der Waals surface area contributed by atoms with E-state index < -0.39 is 0 Å². The van der Waals surface area contributed by atoms with E-state index in [1.807, 2.05) is 12.1 Å². The molecule has 3 aliphatic heterocycles. The summed E-state index contributed by atoms with van der Waals surface area (Å²) in [4.78, 5) is 19.5. The molecule has 1 atom stereocenters. The minimum absolute atomic E-state index is 0.0966. The number of amides is 1. The SMILES string of the molecule is O=C([C@@H]1CCCN(Cc2ccc(N3CCOCC3)c(F)c2)C1)N1CCCCCC1. The topological polar surface area (TPSA) is 36.0 Å². The number of morpholine rings is 1. The molecular formula is C23H34FN3O2. The van der Waals surface area contributed by atoms with E-state index in [9.17, 15) is 9.18 Å². The fourth-order valence-corrected chi connectivity index (χ4v) is 4.92. The first kappa shape index (κ1) is 20.6. The Morgan fingerprint density at radius 2 is 1.76 bits per heavy atom. The molecule has 1 aromatic carbocycles. The highest BCUT2D eigenvalue weighted by atomic mass is 19.1. The van der Waals surface area contributed by atoms with Crippen molar-refractivity contribution in [1.29, 1.82) is 0 Å². The van der Waals surface area contributed by atoms with Crippen molar-refractivity contribution in [3.05, 3.63) is 29.6 Å². The van der Waals surface area contributed by atoms with Gasteiger partial charge in [-0.3, -0.25) is 9.69 Å².